The van der Waals surface area contributed by atoms with Crippen LogP contribution in [0.5, 0.6) is 0 Å². The van der Waals surface area contributed by atoms with E-state index in [2.05, 4.69) is 82.0 Å². The molecule has 156 valence electrons. The van der Waals surface area contributed by atoms with Gasteiger partial charge in [0.1, 0.15) is 5.84 Å². The number of H-pyrrole nitrogens is 1. The quantitative estimate of drug-likeness (QED) is 0.774. The molecule has 4 aliphatic rings. The third-order valence-electron chi connectivity index (χ3n) is 7.20. The second-order valence-electron chi connectivity index (χ2n) is 9.05. The molecule has 5 nitrogen and oxygen atoms in total. The molecule has 0 spiro atoms. The van der Waals surface area contributed by atoms with Crippen LogP contribution >= 0.6 is 0 Å². The second-order valence-corrected chi connectivity index (χ2v) is 9.05. The Morgan fingerprint density at radius 1 is 1.10 bits per heavy atom. The molecular formula is C26H27N5. The fourth-order valence-corrected chi connectivity index (χ4v) is 5.23. The van der Waals surface area contributed by atoms with E-state index in [4.69, 9.17) is 10.7 Å². The lowest BCUT2D eigenvalue weighted by Crippen LogP contribution is -2.43. The van der Waals surface area contributed by atoms with Gasteiger partial charge in [0.2, 0.25) is 0 Å². The molecule has 1 fully saturated rings. The van der Waals surface area contributed by atoms with Crippen LogP contribution in [0.3, 0.4) is 0 Å². The molecule has 0 saturated heterocycles. The van der Waals surface area contributed by atoms with E-state index in [0.29, 0.717) is 5.92 Å². The predicted octanol–water partition coefficient (Wildman–Crippen LogP) is 4.61. The van der Waals surface area contributed by atoms with Crippen LogP contribution in [0.15, 0.2) is 84.2 Å². The third-order valence-corrected chi connectivity index (χ3v) is 7.20. The third kappa shape index (κ3) is 3.12. The standard InChI is InChI=1S/C26H27N5/c27-26(13-4-14-26)21-9-7-18(8-10-21)24-25(19-5-2-1-3-6-19)31-16-12-20(17-23(31)29-24)22-11-15-28-30-22/h1-3,5,7-12,15-17,19,24-25H,4,6,13-14,27H2,(H,28,30). The molecule has 3 N–H and O–H groups in total. The maximum Gasteiger partial charge on any atom is 0.129 e. The molecule has 3 heterocycles. The Kier molecular flexibility index (Phi) is 4.32. The van der Waals surface area contributed by atoms with Gasteiger partial charge in [0.15, 0.2) is 0 Å². The molecule has 0 bridgehead atoms. The number of aromatic amines is 1. The zero-order valence-corrected chi connectivity index (χ0v) is 17.5. The Hall–Kier alpha value is -3.18. The van der Waals surface area contributed by atoms with Gasteiger partial charge in [-0.1, -0.05) is 48.6 Å². The summed E-state index contributed by atoms with van der Waals surface area (Å²) >= 11 is 0. The van der Waals surface area contributed by atoms with Crippen molar-refractivity contribution in [3.63, 3.8) is 0 Å². The number of hydrogen-bond acceptors (Lipinski definition) is 4. The fourth-order valence-electron chi connectivity index (χ4n) is 5.23. The van der Waals surface area contributed by atoms with Crippen molar-refractivity contribution in [1.82, 2.24) is 15.1 Å². The Morgan fingerprint density at radius 2 is 1.97 bits per heavy atom. The molecule has 3 atom stereocenters. The Balaban J connectivity index is 1.36. The number of rotatable bonds is 4. The summed E-state index contributed by atoms with van der Waals surface area (Å²) in [5, 5.41) is 7.24. The van der Waals surface area contributed by atoms with Gasteiger partial charge >= 0.3 is 0 Å². The van der Waals surface area contributed by atoms with Crippen LogP contribution in [0.2, 0.25) is 0 Å². The average Bonchev–Trinajstić information content (AvgIpc) is 3.46. The first-order valence-corrected chi connectivity index (χ1v) is 11.2. The van der Waals surface area contributed by atoms with Crippen molar-refractivity contribution >= 4 is 11.4 Å². The van der Waals surface area contributed by atoms with Crippen LogP contribution in [0, 0.1) is 5.92 Å². The second kappa shape index (κ2) is 7.20. The highest BCUT2D eigenvalue weighted by Crippen LogP contribution is 2.42. The molecule has 1 saturated carbocycles. The molecule has 1 aromatic heterocycles. The number of aliphatic imine (C=N–C) groups is 1. The molecule has 2 aromatic rings. The minimum Gasteiger partial charge on any atom is -0.327 e. The molecule has 6 rings (SSSR count). The fraction of sp³-hybridized carbons (Fsp3) is 0.308. The molecule has 0 radical (unpaired) electrons. The van der Waals surface area contributed by atoms with Crippen LogP contribution in [0.25, 0.3) is 5.57 Å². The molecular weight excluding hydrogens is 382 g/mol. The number of amidine groups is 1. The number of allylic oxidation sites excluding steroid dienone is 5. The van der Waals surface area contributed by atoms with E-state index >= 15 is 0 Å². The highest BCUT2D eigenvalue weighted by Gasteiger charge is 2.41. The van der Waals surface area contributed by atoms with Gasteiger partial charge in [0, 0.05) is 29.4 Å². The number of nitrogens with two attached hydrogens (primary N) is 1. The summed E-state index contributed by atoms with van der Waals surface area (Å²) in [5.74, 6) is 1.42. The molecule has 2 aliphatic carbocycles. The van der Waals surface area contributed by atoms with E-state index in [9.17, 15) is 0 Å². The molecule has 1 aromatic carbocycles. The molecule has 3 unspecified atom stereocenters. The van der Waals surface area contributed by atoms with E-state index in [-0.39, 0.29) is 17.6 Å². The topological polar surface area (TPSA) is 70.3 Å². The molecule has 0 amide bonds. The van der Waals surface area contributed by atoms with Crippen molar-refractivity contribution in [3.8, 4) is 0 Å². The van der Waals surface area contributed by atoms with E-state index in [1.54, 1.807) is 0 Å². The van der Waals surface area contributed by atoms with Crippen LogP contribution in [0.4, 0.5) is 0 Å². The van der Waals surface area contributed by atoms with Gasteiger partial charge in [-0.25, -0.2) is 0 Å². The van der Waals surface area contributed by atoms with Crippen molar-refractivity contribution in [2.75, 3.05) is 0 Å². The maximum absolute atomic E-state index is 6.55. The summed E-state index contributed by atoms with van der Waals surface area (Å²) in [6, 6.07) is 11.3. The predicted molar refractivity (Wildman–Crippen MR) is 124 cm³/mol. The number of hydrogen-bond donors (Lipinski definition) is 2. The molecule has 5 heteroatoms. The Labute approximate surface area is 182 Å². The minimum absolute atomic E-state index is 0.0831. The largest absolute Gasteiger partial charge is 0.327 e. The smallest absolute Gasteiger partial charge is 0.129 e. The first-order valence-electron chi connectivity index (χ1n) is 11.2. The first kappa shape index (κ1) is 18.6. The lowest BCUT2D eigenvalue weighted by Gasteiger charge is -2.39. The molecule has 2 aliphatic heterocycles. The zero-order chi connectivity index (χ0) is 20.8. The van der Waals surface area contributed by atoms with Crippen molar-refractivity contribution in [1.29, 1.82) is 0 Å². The van der Waals surface area contributed by atoms with E-state index in [0.717, 1.165) is 36.4 Å². The lowest BCUT2D eigenvalue weighted by atomic mass is 9.72. The number of fused-ring (bicyclic) bond motifs is 1. The Bertz CT molecular complexity index is 1110. The van der Waals surface area contributed by atoms with E-state index in [1.807, 2.05) is 12.3 Å². The monoisotopic (exact) mass is 409 g/mol. The summed E-state index contributed by atoms with van der Waals surface area (Å²) in [5.41, 5.74) is 11.0. The van der Waals surface area contributed by atoms with Crippen molar-refractivity contribution in [3.05, 3.63) is 96.0 Å². The zero-order valence-electron chi connectivity index (χ0n) is 17.5. The summed E-state index contributed by atoms with van der Waals surface area (Å²) in [4.78, 5) is 7.56. The van der Waals surface area contributed by atoms with Crippen molar-refractivity contribution < 1.29 is 0 Å². The maximum atomic E-state index is 6.55. The van der Waals surface area contributed by atoms with E-state index in [1.165, 1.54) is 17.5 Å². The molecule has 31 heavy (non-hydrogen) atoms. The minimum atomic E-state index is -0.127. The first-order chi connectivity index (χ1) is 15.2. The van der Waals surface area contributed by atoms with Crippen molar-refractivity contribution in [2.45, 2.75) is 43.3 Å². The van der Waals surface area contributed by atoms with Gasteiger partial charge in [0.25, 0.3) is 0 Å². The highest BCUT2D eigenvalue weighted by atomic mass is 15.3. The number of nitrogens with zero attached hydrogens (tertiary/aromatic N) is 3. The number of nitrogens with one attached hydrogen (secondary N) is 1. The number of benzene rings is 1. The summed E-state index contributed by atoms with van der Waals surface area (Å²) in [6.45, 7) is 0. The van der Waals surface area contributed by atoms with E-state index < -0.39 is 0 Å². The van der Waals surface area contributed by atoms with Gasteiger partial charge < -0.3 is 10.6 Å². The van der Waals surface area contributed by atoms with Crippen LogP contribution < -0.4 is 5.73 Å². The van der Waals surface area contributed by atoms with Crippen LogP contribution in [-0.4, -0.2) is 27.0 Å². The number of aromatic nitrogens is 2. The SMILES string of the molecule is NC1(c2ccc(C3N=C4C=C(c5cc[nH]n5)C=CN4C3C3C=CC=CC3)cc2)CCC1. The van der Waals surface area contributed by atoms with Crippen molar-refractivity contribution in [2.24, 2.45) is 16.6 Å². The van der Waals surface area contributed by atoms with Crippen LogP contribution in [0.1, 0.15) is 48.5 Å². The van der Waals surface area contributed by atoms with Gasteiger partial charge in [0.05, 0.1) is 17.8 Å². The summed E-state index contributed by atoms with van der Waals surface area (Å²) < 4.78 is 0. The summed E-state index contributed by atoms with van der Waals surface area (Å²) in [7, 11) is 0. The highest BCUT2D eigenvalue weighted by molar-refractivity contribution is 6.04. The van der Waals surface area contributed by atoms with Gasteiger partial charge in [-0.2, -0.15) is 5.10 Å². The normalized spacial score (nSPS) is 28.2. The average molecular weight is 410 g/mol. The Morgan fingerprint density at radius 3 is 2.65 bits per heavy atom. The summed E-state index contributed by atoms with van der Waals surface area (Å²) in [6.07, 6.45) is 21.6. The van der Waals surface area contributed by atoms with Gasteiger partial charge in [-0.3, -0.25) is 10.1 Å². The van der Waals surface area contributed by atoms with Crippen LogP contribution in [-0.2, 0) is 5.54 Å². The van der Waals surface area contributed by atoms with Gasteiger partial charge in [-0.05, 0) is 55.0 Å². The lowest BCUT2D eigenvalue weighted by molar-refractivity contribution is 0.253. The van der Waals surface area contributed by atoms with Gasteiger partial charge in [-0.15, -0.1) is 0 Å².